The molecule has 0 atom stereocenters. The van der Waals surface area contributed by atoms with E-state index < -0.39 is 0 Å². The lowest BCUT2D eigenvalue weighted by Gasteiger charge is -2.05. The molecule has 0 saturated heterocycles. The predicted molar refractivity (Wildman–Crippen MR) is 70.8 cm³/mol. The number of aryl methyl sites for hydroxylation is 2. The number of benzene rings is 1. The molecule has 0 aliphatic carbocycles. The Morgan fingerprint density at radius 2 is 2.06 bits per heavy atom. The zero-order chi connectivity index (χ0) is 11.7. The molecular weight excluding hydrogens is 238 g/mol. The third-order valence-electron chi connectivity index (χ3n) is 2.41. The van der Waals surface area contributed by atoms with Gasteiger partial charge in [-0.15, -0.1) is 24.0 Å². The van der Waals surface area contributed by atoms with Crippen molar-refractivity contribution >= 4 is 24.0 Å². The van der Waals surface area contributed by atoms with Gasteiger partial charge in [0.2, 0.25) is 0 Å². The van der Waals surface area contributed by atoms with E-state index in [2.05, 4.69) is 23.7 Å². The summed E-state index contributed by atoms with van der Waals surface area (Å²) < 4.78 is 6.21. The summed E-state index contributed by atoms with van der Waals surface area (Å²) in [6.45, 7) is 4.00. The molecule has 0 aliphatic heterocycles. The fourth-order valence-corrected chi connectivity index (χ4v) is 2.64. The van der Waals surface area contributed by atoms with Crippen LogP contribution in [0.3, 0.4) is 0 Å². The van der Waals surface area contributed by atoms with Gasteiger partial charge < -0.3 is 4.74 Å². The van der Waals surface area contributed by atoms with Gasteiger partial charge in [0.15, 0.2) is 0 Å². The van der Waals surface area contributed by atoms with Crippen LogP contribution in [0.2, 0.25) is 0 Å². The monoisotopic (exact) mass is 251 g/mol. The largest absolute Gasteiger partial charge is 0.496 e. The molecule has 0 fully saturated rings. The van der Waals surface area contributed by atoms with Gasteiger partial charge in [0.25, 0.3) is 0 Å². The molecule has 84 valence electrons. The maximum Gasteiger partial charge on any atom is 0.124 e. The summed E-state index contributed by atoms with van der Waals surface area (Å²) in [6, 6.07) is 6.08. The van der Waals surface area contributed by atoms with E-state index >= 15 is 0 Å². The minimum atomic E-state index is 0.906. The SMILES string of the molecule is COc1ccc(-c2nc(C)c(S)s2)cc1C. The Balaban J connectivity index is 2.45. The fourth-order valence-electron chi connectivity index (χ4n) is 1.52. The van der Waals surface area contributed by atoms with Crippen LogP contribution in [0.1, 0.15) is 11.3 Å². The van der Waals surface area contributed by atoms with E-state index in [-0.39, 0.29) is 0 Å². The van der Waals surface area contributed by atoms with Crippen LogP contribution in [0.15, 0.2) is 22.4 Å². The Labute approximate surface area is 105 Å². The Hall–Kier alpha value is -1.00. The molecule has 16 heavy (non-hydrogen) atoms. The van der Waals surface area contributed by atoms with E-state index in [0.29, 0.717) is 0 Å². The van der Waals surface area contributed by atoms with Crippen LogP contribution in [0.25, 0.3) is 10.6 Å². The van der Waals surface area contributed by atoms with Crippen molar-refractivity contribution in [3.63, 3.8) is 0 Å². The minimum absolute atomic E-state index is 0.906. The van der Waals surface area contributed by atoms with Gasteiger partial charge >= 0.3 is 0 Å². The number of ether oxygens (including phenoxy) is 1. The first-order valence-corrected chi connectivity index (χ1v) is 6.19. The molecule has 0 bridgehead atoms. The Morgan fingerprint density at radius 3 is 2.56 bits per heavy atom. The van der Waals surface area contributed by atoms with Gasteiger partial charge in [0.1, 0.15) is 10.8 Å². The number of hydrogen-bond donors (Lipinski definition) is 1. The van der Waals surface area contributed by atoms with Crippen molar-refractivity contribution in [3.05, 3.63) is 29.5 Å². The summed E-state index contributed by atoms with van der Waals surface area (Å²) in [5.41, 5.74) is 3.22. The lowest BCUT2D eigenvalue weighted by Crippen LogP contribution is -1.87. The molecule has 0 spiro atoms. The van der Waals surface area contributed by atoms with Gasteiger partial charge in [-0.1, -0.05) is 0 Å². The van der Waals surface area contributed by atoms with Gasteiger partial charge in [-0.25, -0.2) is 4.98 Å². The second kappa shape index (κ2) is 4.47. The Bertz CT molecular complexity index is 500. The van der Waals surface area contributed by atoms with Crippen LogP contribution < -0.4 is 4.74 Å². The lowest BCUT2D eigenvalue weighted by molar-refractivity contribution is 0.412. The lowest BCUT2D eigenvalue weighted by atomic mass is 10.1. The maximum atomic E-state index is 5.23. The van der Waals surface area contributed by atoms with Gasteiger partial charge in [-0.2, -0.15) is 0 Å². The number of hydrogen-bond acceptors (Lipinski definition) is 4. The highest BCUT2D eigenvalue weighted by atomic mass is 32.2. The molecule has 0 amide bonds. The average Bonchev–Trinajstić information content (AvgIpc) is 2.59. The normalized spacial score (nSPS) is 10.5. The molecule has 2 aromatic rings. The van der Waals surface area contributed by atoms with Crippen LogP contribution in [-0.2, 0) is 0 Å². The van der Waals surface area contributed by atoms with Crippen molar-refractivity contribution in [3.8, 4) is 16.3 Å². The molecule has 1 aromatic carbocycles. The quantitative estimate of drug-likeness (QED) is 0.822. The van der Waals surface area contributed by atoms with Gasteiger partial charge in [-0.05, 0) is 37.6 Å². The number of nitrogens with zero attached hydrogens (tertiary/aromatic N) is 1. The summed E-state index contributed by atoms with van der Waals surface area (Å²) in [5.74, 6) is 0.906. The van der Waals surface area contributed by atoms with Crippen molar-refractivity contribution in [1.82, 2.24) is 4.98 Å². The van der Waals surface area contributed by atoms with Crippen molar-refractivity contribution in [1.29, 1.82) is 0 Å². The fraction of sp³-hybridized carbons (Fsp3) is 0.250. The molecular formula is C12H13NOS2. The average molecular weight is 251 g/mol. The van der Waals surface area contributed by atoms with E-state index in [1.165, 1.54) is 0 Å². The van der Waals surface area contributed by atoms with Crippen molar-refractivity contribution in [2.75, 3.05) is 7.11 Å². The molecule has 0 saturated carbocycles. The van der Waals surface area contributed by atoms with Crippen molar-refractivity contribution in [2.45, 2.75) is 18.1 Å². The smallest absolute Gasteiger partial charge is 0.124 e. The molecule has 2 rings (SSSR count). The molecule has 2 nitrogen and oxygen atoms in total. The van der Waals surface area contributed by atoms with Crippen LogP contribution in [0.4, 0.5) is 0 Å². The summed E-state index contributed by atoms with van der Waals surface area (Å²) in [4.78, 5) is 4.48. The number of methoxy groups -OCH3 is 1. The molecule has 4 heteroatoms. The number of aromatic nitrogens is 1. The predicted octanol–water partition coefficient (Wildman–Crippen LogP) is 3.72. The van der Waals surface area contributed by atoms with Crippen molar-refractivity contribution < 1.29 is 4.74 Å². The van der Waals surface area contributed by atoms with E-state index in [9.17, 15) is 0 Å². The van der Waals surface area contributed by atoms with Crippen LogP contribution in [0.5, 0.6) is 5.75 Å². The molecule has 1 heterocycles. The molecule has 0 aliphatic rings. The van der Waals surface area contributed by atoms with Crippen molar-refractivity contribution in [2.24, 2.45) is 0 Å². The highest BCUT2D eigenvalue weighted by Crippen LogP contribution is 2.32. The van der Waals surface area contributed by atoms with Crippen LogP contribution >= 0.6 is 24.0 Å². The summed E-state index contributed by atoms with van der Waals surface area (Å²) in [6.07, 6.45) is 0. The zero-order valence-corrected chi connectivity index (χ0v) is 11.2. The van der Waals surface area contributed by atoms with E-state index in [1.807, 2.05) is 26.0 Å². The standard InChI is InChI=1S/C12H13NOS2/c1-7-6-9(4-5-10(7)14-3)11-13-8(2)12(15)16-11/h4-6,15H,1-3H3. The van der Waals surface area contributed by atoms with Crippen LogP contribution in [0, 0.1) is 13.8 Å². The minimum Gasteiger partial charge on any atom is -0.496 e. The Kier molecular flexibility index (Phi) is 3.21. The zero-order valence-electron chi connectivity index (χ0n) is 9.44. The highest BCUT2D eigenvalue weighted by Gasteiger charge is 2.08. The third kappa shape index (κ3) is 2.08. The third-order valence-corrected chi connectivity index (χ3v) is 4.02. The Morgan fingerprint density at radius 1 is 1.31 bits per heavy atom. The van der Waals surface area contributed by atoms with Crippen LogP contribution in [-0.4, -0.2) is 12.1 Å². The van der Waals surface area contributed by atoms with Gasteiger partial charge in [0.05, 0.1) is 17.0 Å². The number of thiazole rings is 1. The first kappa shape index (κ1) is 11.5. The molecule has 0 radical (unpaired) electrons. The highest BCUT2D eigenvalue weighted by molar-refractivity contribution is 7.83. The van der Waals surface area contributed by atoms with Gasteiger partial charge in [0, 0.05) is 5.56 Å². The second-order valence-electron chi connectivity index (χ2n) is 3.59. The molecule has 1 aromatic heterocycles. The van der Waals surface area contributed by atoms with E-state index in [4.69, 9.17) is 4.74 Å². The van der Waals surface area contributed by atoms with E-state index in [0.717, 1.165) is 31.8 Å². The summed E-state index contributed by atoms with van der Waals surface area (Å²) >= 11 is 5.97. The number of thiol groups is 1. The second-order valence-corrected chi connectivity index (χ2v) is 5.34. The summed E-state index contributed by atoms with van der Waals surface area (Å²) in [5, 5.41) is 1.01. The van der Waals surface area contributed by atoms with E-state index in [1.54, 1.807) is 18.4 Å². The topological polar surface area (TPSA) is 22.1 Å². The molecule has 0 unspecified atom stereocenters. The van der Waals surface area contributed by atoms with Gasteiger partial charge in [-0.3, -0.25) is 0 Å². The first-order valence-electron chi connectivity index (χ1n) is 4.93. The maximum absolute atomic E-state index is 5.23. The molecule has 0 N–H and O–H groups in total. The first-order chi connectivity index (χ1) is 7.61. The number of rotatable bonds is 2. The summed E-state index contributed by atoms with van der Waals surface area (Å²) in [7, 11) is 1.68.